The highest BCUT2D eigenvalue weighted by Crippen LogP contribution is 2.19. The molecule has 0 aromatic heterocycles. The van der Waals surface area contributed by atoms with Gasteiger partial charge in [0.1, 0.15) is 0 Å². The predicted octanol–water partition coefficient (Wildman–Crippen LogP) is 3.43. The second kappa shape index (κ2) is 4.65. The van der Waals surface area contributed by atoms with Crippen LogP contribution in [-0.4, -0.2) is 5.78 Å². The van der Waals surface area contributed by atoms with Gasteiger partial charge in [0.15, 0.2) is 5.78 Å². The molecule has 18 heavy (non-hydrogen) atoms. The van der Waals surface area contributed by atoms with Crippen molar-refractivity contribution in [3.63, 3.8) is 0 Å². The molecule has 0 fully saturated rings. The summed E-state index contributed by atoms with van der Waals surface area (Å²) in [6.45, 7) is 6.05. The number of anilines is 1. The average molecular weight is 239 g/mol. The van der Waals surface area contributed by atoms with Gasteiger partial charge in [-0.05, 0) is 67.8 Å². The van der Waals surface area contributed by atoms with Crippen LogP contribution in [0.4, 0.5) is 5.69 Å². The minimum absolute atomic E-state index is 0.0515. The molecule has 0 aliphatic rings. The van der Waals surface area contributed by atoms with Gasteiger partial charge in [0, 0.05) is 16.8 Å². The van der Waals surface area contributed by atoms with E-state index >= 15 is 0 Å². The predicted molar refractivity (Wildman–Crippen MR) is 74.9 cm³/mol. The summed E-state index contributed by atoms with van der Waals surface area (Å²) in [7, 11) is 0. The minimum Gasteiger partial charge on any atom is -0.399 e. The molecule has 2 nitrogen and oxygen atoms in total. The number of carbonyl (C=O) groups is 1. The van der Waals surface area contributed by atoms with Crippen LogP contribution in [0.15, 0.2) is 36.4 Å². The van der Waals surface area contributed by atoms with E-state index in [2.05, 4.69) is 13.0 Å². The van der Waals surface area contributed by atoms with Crippen molar-refractivity contribution in [1.82, 2.24) is 0 Å². The topological polar surface area (TPSA) is 43.1 Å². The smallest absolute Gasteiger partial charge is 0.193 e. The number of hydrogen-bond donors (Lipinski definition) is 1. The van der Waals surface area contributed by atoms with Gasteiger partial charge in [-0.25, -0.2) is 0 Å². The molecule has 2 aromatic carbocycles. The minimum atomic E-state index is 0.0515. The van der Waals surface area contributed by atoms with Crippen molar-refractivity contribution in [3.05, 3.63) is 64.2 Å². The van der Waals surface area contributed by atoms with Gasteiger partial charge >= 0.3 is 0 Å². The molecule has 2 heteroatoms. The Morgan fingerprint density at radius 2 is 1.44 bits per heavy atom. The number of carbonyl (C=O) groups excluding carboxylic acids is 1. The average Bonchev–Trinajstić information content (AvgIpc) is 2.34. The fourth-order valence-electron chi connectivity index (χ4n) is 2.00. The largest absolute Gasteiger partial charge is 0.399 e. The van der Waals surface area contributed by atoms with Gasteiger partial charge < -0.3 is 5.73 Å². The second-order valence-corrected chi connectivity index (χ2v) is 4.70. The Morgan fingerprint density at radius 3 is 2.06 bits per heavy atom. The van der Waals surface area contributed by atoms with Crippen LogP contribution in [0.2, 0.25) is 0 Å². The summed E-state index contributed by atoms with van der Waals surface area (Å²) in [5.41, 5.74) is 11.1. The van der Waals surface area contributed by atoms with Crippen LogP contribution >= 0.6 is 0 Å². The highest BCUT2D eigenvalue weighted by Gasteiger charge is 2.12. The highest BCUT2D eigenvalue weighted by molar-refractivity contribution is 6.10. The summed E-state index contributed by atoms with van der Waals surface area (Å²) in [6, 6.07) is 11.1. The Kier molecular flexibility index (Phi) is 3.19. The van der Waals surface area contributed by atoms with Crippen LogP contribution < -0.4 is 5.73 Å². The maximum atomic E-state index is 12.4. The molecule has 0 spiro atoms. The summed E-state index contributed by atoms with van der Waals surface area (Å²) < 4.78 is 0. The van der Waals surface area contributed by atoms with Gasteiger partial charge in [-0.2, -0.15) is 0 Å². The van der Waals surface area contributed by atoms with Crippen molar-refractivity contribution in [2.45, 2.75) is 20.8 Å². The van der Waals surface area contributed by atoms with Crippen LogP contribution in [-0.2, 0) is 0 Å². The van der Waals surface area contributed by atoms with Gasteiger partial charge in [0.2, 0.25) is 0 Å². The summed E-state index contributed by atoms with van der Waals surface area (Å²) in [4.78, 5) is 12.4. The van der Waals surface area contributed by atoms with Crippen LogP contribution in [0, 0.1) is 20.8 Å². The van der Waals surface area contributed by atoms with Crippen molar-refractivity contribution >= 4 is 11.5 Å². The summed E-state index contributed by atoms with van der Waals surface area (Å²) >= 11 is 0. The molecular weight excluding hydrogens is 222 g/mol. The second-order valence-electron chi connectivity index (χ2n) is 4.70. The maximum Gasteiger partial charge on any atom is 0.193 e. The number of aryl methyl sites for hydroxylation is 3. The highest BCUT2D eigenvalue weighted by atomic mass is 16.1. The van der Waals surface area contributed by atoms with E-state index < -0.39 is 0 Å². The van der Waals surface area contributed by atoms with E-state index in [1.807, 2.05) is 19.9 Å². The van der Waals surface area contributed by atoms with Gasteiger partial charge in [0.25, 0.3) is 0 Å². The fraction of sp³-hybridized carbons (Fsp3) is 0.188. The zero-order valence-corrected chi connectivity index (χ0v) is 10.9. The van der Waals surface area contributed by atoms with Crippen LogP contribution in [0.3, 0.4) is 0 Å². The molecule has 2 rings (SSSR count). The number of hydrogen-bond acceptors (Lipinski definition) is 2. The van der Waals surface area contributed by atoms with E-state index in [9.17, 15) is 4.79 Å². The van der Waals surface area contributed by atoms with E-state index in [-0.39, 0.29) is 5.78 Å². The Balaban J connectivity index is 2.46. The number of nitrogen functional groups attached to an aromatic ring is 1. The quantitative estimate of drug-likeness (QED) is 0.644. The SMILES string of the molecule is Cc1cc(C)c(C(=O)c2ccc(N)cc2)cc1C. The third-order valence-electron chi connectivity index (χ3n) is 3.26. The molecule has 0 bridgehead atoms. The van der Waals surface area contributed by atoms with E-state index in [4.69, 9.17) is 5.73 Å². The molecule has 0 radical (unpaired) electrons. The van der Waals surface area contributed by atoms with Gasteiger partial charge in [0.05, 0.1) is 0 Å². The maximum absolute atomic E-state index is 12.4. The third kappa shape index (κ3) is 2.28. The third-order valence-corrected chi connectivity index (χ3v) is 3.26. The van der Waals surface area contributed by atoms with E-state index in [1.54, 1.807) is 24.3 Å². The van der Waals surface area contributed by atoms with Crippen LogP contribution in [0.5, 0.6) is 0 Å². The van der Waals surface area contributed by atoms with Crippen molar-refractivity contribution in [2.75, 3.05) is 5.73 Å². The number of benzene rings is 2. The van der Waals surface area contributed by atoms with Crippen LogP contribution in [0.1, 0.15) is 32.6 Å². The summed E-state index contributed by atoms with van der Waals surface area (Å²) in [5.74, 6) is 0.0515. The first kappa shape index (κ1) is 12.4. The molecule has 2 N–H and O–H groups in total. The van der Waals surface area contributed by atoms with Crippen molar-refractivity contribution in [2.24, 2.45) is 0 Å². The molecular formula is C16H17NO. The Morgan fingerprint density at radius 1 is 0.889 bits per heavy atom. The first-order valence-corrected chi connectivity index (χ1v) is 5.97. The number of rotatable bonds is 2. The van der Waals surface area contributed by atoms with Gasteiger partial charge in [-0.1, -0.05) is 6.07 Å². The lowest BCUT2D eigenvalue weighted by molar-refractivity contribution is 0.103. The number of nitrogens with two attached hydrogens (primary N) is 1. The first-order valence-electron chi connectivity index (χ1n) is 5.97. The van der Waals surface area contributed by atoms with Gasteiger partial charge in [-0.3, -0.25) is 4.79 Å². The van der Waals surface area contributed by atoms with E-state index in [0.717, 1.165) is 16.7 Å². The molecule has 0 unspecified atom stereocenters. The normalized spacial score (nSPS) is 10.4. The summed E-state index contributed by atoms with van der Waals surface area (Å²) in [5, 5.41) is 0. The molecule has 0 heterocycles. The molecule has 0 atom stereocenters. The molecule has 0 saturated carbocycles. The molecule has 0 aliphatic heterocycles. The van der Waals surface area contributed by atoms with E-state index in [0.29, 0.717) is 11.3 Å². The van der Waals surface area contributed by atoms with E-state index in [1.165, 1.54) is 5.56 Å². The lowest BCUT2D eigenvalue weighted by Gasteiger charge is -2.09. The van der Waals surface area contributed by atoms with Crippen molar-refractivity contribution in [1.29, 1.82) is 0 Å². The van der Waals surface area contributed by atoms with Crippen molar-refractivity contribution < 1.29 is 4.79 Å². The first-order chi connectivity index (χ1) is 8.49. The Hall–Kier alpha value is -2.09. The van der Waals surface area contributed by atoms with Crippen molar-refractivity contribution in [3.8, 4) is 0 Å². The molecule has 0 saturated heterocycles. The van der Waals surface area contributed by atoms with Gasteiger partial charge in [-0.15, -0.1) is 0 Å². The molecule has 0 aliphatic carbocycles. The monoisotopic (exact) mass is 239 g/mol. The fourth-order valence-corrected chi connectivity index (χ4v) is 2.00. The lowest BCUT2D eigenvalue weighted by atomic mass is 9.95. The molecule has 2 aromatic rings. The standard InChI is InChI=1S/C16H17NO/c1-10-8-12(3)15(9-11(10)2)16(18)13-4-6-14(17)7-5-13/h4-9H,17H2,1-3H3. The molecule has 92 valence electrons. The zero-order chi connectivity index (χ0) is 13.3. The summed E-state index contributed by atoms with van der Waals surface area (Å²) in [6.07, 6.45) is 0. The Bertz CT molecular complexity index is 597. The van der Waals surface area contributed by atoms with Crippen LogP contribution in [0.25, 0.3) is 0 Å². The zero-order valence-electron chi connectivity index (χ0n) is 10.9. The molecule has 0 amide bonds. The lowest BCUT2D eigenvalue weighted by Crippen LogP contribution is -2.05. The number of ketones is 1. The Labute approximate surface area is 107 Å².